The molecule has 9 heteroatoms. The Kier molecular flexibility index (Phi) is 9.56. The van der Waals surface area contributed by atoms with Gasteiger partial charge in [0.15, 0.2) is 6.29 Å². The average molecular weight is 639 g/mol. The summed E-state index contributed by atoms with van der Waals surface area (Å²) in [5.74, 6) is 1.26. The highest BCUT2D eigenvalue weighted by Crippen LogP contribution is 2.75. The second kappa shape index (κ2) is 12.1. The fourth-order valence-corrected chi connectivity index (χ4v) is 11.2. The molecule has 0 radical (unpaired) electrons. The van der Waals surface area contributed by atoms with Gasteiger partial charge in [-0.15, -0.1) is 0 Å². The van der Waals surface area contributed by atoms with Gasteiger partial charge in [0.25, 0.3) is 0 Å². The zero-order chi connectivity index (χ0) is 33.5. The third-order valence-corrected chi connectivity index (χ3v) is 14.5. The molecule has 45 heavy (non-hydrogen) atoms. The van der Waals surface area contributed by atoms with Crippen molar-refractivity contribution in [2.75, 3.05) is 6.61 Å². The van der Waals surface area contributed by atoms with E-state index >= 15 is 0 Å². The van der Waals surface area contributed by atoms with Crippen LogP contribution < -0.4 is 0 Å². The number of aliphatic hydroxyl groups excluding tert-OH is 6. The van der Waals surface area contributed by atoms with Crippen LogP contribution in [0.25, 0.3) is 0 Å². The average Bonchev–Trinajstić information content (AvgIpc) is 3.22. The Morgan fingerprint density at radius 1 is 0.911 bits per heavy atom. The van der Waals surface area contributed by atoms with Gasteiger partial charge in [-0.3, -0.25) is 0 Å². The van der Waals surface area contributed by atoms with E-state index in [9.17, 15) is 35.7 Å². The van der Waals surface area contributed by atoms with E-state index in [-0.39, 0.29) is 39.6 Å². The molecule has 9 nitrogen and oxygen atoms in total. The van der Waals surface area contributed by atoms with Crippen LogP contribution in [0.1, 0.15) is 107 Å². The van der Waals surface area contributed by atoms with E-state index in [1.165, 1.54) is 5.57 Å². The van der Waals surface area contributed by atoms with Crippen molar-refractivity contribution >= 4 is 0 Å². The van der Waals surface area contributed by atoms with E-state index in [0.717, 1.165) is 44.9 Å². The van der Waals surface area contributed by atoms with Gasteiger partial charge in [0.05, 0.1) is 30.5 Å². The number of aliphatic hydroxyl groups is 7. The van der Waals surface area contributed by atoms with Crippen LogP contribution in [-0.4, -0.2) is 97.0 Å². The molecule has 260 valence electrons. The molecule has 5 aliphatic rings. The topological polar surface area (TPSA) is 160 Å². The molecule has 0 aromatic rings. The van der Waals surface area contributed by atoms with Crippen molar-refractivity contribution < 1.29 is 45.2 Å². The normalized spacial score (nSPS) is 49.4. The van der Waals surface area contributed by atoms with E-state index in [0.29, 0.717) is 18.3 Å². The van der Waals surface area contributed by atoms with Gasteiger partial charge >= 0.3 is 0 Å². The van der Waals surface area contributed by atoms with Crippen molar-refractivity contribution in [1.29, 1.82) is 0 Å². The molecule has 0 amide bonds. The summed E-state index contributed by atoms with van der Waals surface area (Å²) in [6.45, 7) is 16.5. The number of hydrogen-bond acceptors (Lipinski definition) is 9. The van der Waals surface area contributed by atoms with Crippen LogP contribution in [0, 0.1) is 45.3 Å². The Labute approximate surface area is 270 Å². The SMILES string of the molecule is C[C@H](CC[C@@H](O[C@@H]1O[C@H](CO)[C@@H](O)[C@H](O)[C@H]1O)C(C)(C)O)[C@H]1CC[C@@]2(C)[C@@H]3CC=C4[C@@H](CC[C@H](O)C4(C)C)[C@]3(C)C(O)C[C@]12C. The van der Waals surface area contributed by atoms with Gasteiger partial charge < -0.3 is 45.2 Å². The number of rotatable bonds is 8. The Bertz CT molecular complexity index is 1100. The largest absolute Gasteiger partial charge is 0.394 e. The molecule has 1 unspecified atom stereocenters. The van der Waals surface area contributed by atoms with Crippen LogP contribution in [0.2, 0.25) is 0 Å². The molecule has 5 rings (SSSR count). The highest BCUT2D eigenvalue weighted by atomic mass is 16.7. The van der Waals surface area contributed by atoms with E-state index in [2.05, 4.69) is 47.6 Å². The summed E-state index contributed by atoms with van der Waals surface area (Å²) < 4.78 is 11.7. The van der Waals surface area contributed by atoms with Gasteiger partial charge in [-0.05, 0) is 99.7 Å². The zero-order valence-electron chi connectivity index (χ0n) is 28.8. The van der Waals surface area contributed by atoms with Crippen molar-refractivity contribution in [2.45, 2.75) is 161 Å². The van der Waals surface area contributed by atoms with E-state index in [1.807, 2.05) is 0 Å². The summed E-state index contributed by atoms with van der Waals surface area (Å²) in [5.41, 5.74) is -0.481. The van der Waals surface area contributed by atoms with Gasteiger partial charge in [0.1, 0.15) is 24.4 Å². The molecule has 1 heterocycles. The summed E-state index contributed by atoms with van der Waals surface area (Å²) in [4.78, 5) is 0. The van der Waals surface area contributed by atoms with Gasteiger partial charge in [-0.1, -0.05) is 53.2 Å². The monoisotopic (exact) mass is 638 g/mol. The molecule has 4 fully saturated rings. The van der Waals surface area contributed by atoms with Crippen molar-refractivity contribution in [2.24, 2.45) is 45.3 Å². The second-order valence-corrected chi connectivity index (χ2v) is 17.4. The first-order valence-corrected chi connectivity index (χ1v) is 17.5. The molecule has 0 bridgehead atoms. The van der Waals surface area contributed by atoms with Crippen LogP contribution in [0.3, 0.4) is 0 Å². The van der Waals surface area contributed by atoms with Crippen LogP contribution in [0.5, 0.6) is 0 Å². The van der Waals surface area contributed by atoms with Gasteiger partial charge in [-0.25, -0.2) is 0 Å². The maximum atomic E-state index is 12.1. The molecule has 4 aliphatic carbocycles. The summed E-state index contributed by atoms with van der Waals surface area (Å²) in [7, 11) is 0. The zero-order valence-corrected chi connectivity index (χ0v) is 28.8. The maximum Gasteiger partial charge on any atom is 0.187 e. The minimum atomic E-state index is -1.54. The lowest BCUT2D eigenvalue weighted by Crippen LogP contribution is -2.64. The highest BCUT2D eigenvalue weighted by Gasteiger charge is 2.70. The smallest absolute Gasteiger partial charge is 0.187 e. The summed E-state index contributed by atoms with van der Waals surface area (Å²) >= 11 is 0. The van der Waals surface area contributed by atoms with E-state index in [1.54, 1.807) is 13.8 Å². The molecular weight excluding hydrogens is 576 g/mol. The van der Waals surface area contributed by atoms with Gasteiger partial charge in [0, 0.05) is 10.8 Å². The quantitative estimate of drug-likeness (QED) is 0.198. The van der Waals surface area contributed by atoms with Crippen LogP contribution in [0.4, 0.5) is 0 Å². The molecule has 0 spiro atoms. The predicted molar refractivity (Wildman–Crippen MR) is 170 cm³/mol. The molecule has 1 aliphatic heterocycles. The van der Waals surface area contributed by atoms with Crippen LogP contribution in [0.15, 0.2) is 11.6 Å². The first-order chi connectivity index (χ1) is 20.7. The first kappa shape index (κ1) is 35.7. The lowest BCUT2D eigenvalue weighted by Gasteiger charge is -2.67. The molecule has 0 aromatic carbocycles. The Morgan fingerprint density at radius 3 is 2.20 bits per heavy atom. The molecule has 15 atom stereocenters. The maximum absolute atomic E-state index is 12.1. The molecular formula is C36H62O9. The Balaban J connectivity index is 1.33. The lowest BCUT2D eigenvalue weighted by molar-refractivity contribution is -0.322. The van der Waals surface area contributed by atoms with E-state index < -0.39 is 55.1 Å². The third-order valence-electron chi connectivity index (χ3n) is 14.5. The molecule has 7 N–H and O–H groups in total. The number of allylic oxidation sites excluding steroid dienone is 1. The second-order valence-electron chi connectivity index (χ2n) is 17.4. The number of hydrogen-bond donors (Lipinski definition) is 7. The minimum Gasteiger partial charge on any atom is -0.394 e. The first-order valence-electron chi connectivity index (χ1n) is 17.5. The minimum absolute atomic E-state index is 0.0463. The molecule has 0 aromatic heterocycles. The highest BCUT2D eigenvalue weighted by molar-refractivity contribution is 5.31. The standard InChI is InChI=1S/C36H62O9/c1-19(9-14-27(33(4,5)43)45-31-30(42)29(41)28(40)23(18-37)44-31)20-15-16-34(6)24-12-10-21-22(11-13-25(38)32(21,2)3)36(24,8)26(39)17-35(20,34)7/h10,19-20,22-31,37-43H,9,11-18H2,1-8H3/t19-,20-,22-,23-,24+,25+,26?,27-,28-,29+,30-,31+,34+,35-,36+/m1/s1. The van der Waals surface area contributed by atoms with Crippen LogP contribution in [-0.2, 0) is 9.47 Å². The molecule has 3 saturated carbocycles. The van der Waals surface area contributed by atoms with E-state index in [4.69, 9.17) is 9.47 Å². The van der Waals surface area contributed by atoms with Crippen molar-refractivity contribution in [3.8, 4) is 0 Å². The lowest BCUT2D eigenvalue weighted by atomic mass is 9.38. The van der Waals surface area contributed by atoms with Gasteiger partial charge in [0.2, 0.25) is 0 Å². The van der Waals surface area contributed by atoms with Gasteiger partial charge in [-0.2, -0.15) is 0 Å². The third kappa shape index (κ3) is 5.48. The van der Waals surface area contributed by atoms with Crippen LogP contribution >= 0.6 is 0 Å². The van der Waals surface area contributed by atoms with Crippen molar-refractivity contribution in [1.82, 2.24) is 0 Å². The Hall–Kier alpha value is -0.620. The number of fused-ring (bicyclic) bond motifs is 5. The fourth-order valence-electron chi connectivity index (χ4n) is 11.2. The Morgan fingerprint density at radius 2 is 1.58 bits per heavy atom. The predicted octanol–water partition coefficient (Wildman–Crippen LogP) is 3.30. The van der Waals surface area contributed by atoms with Crippen molar-refractivity contribution in [3.05, 3.63) is 11.6 Å². The molecule has 1 saturated heterocycles. The summed E-state index contributed by atoms with van der Waals surface area (Å²) in [6.07, 6.45) is 0.736. The van der Waals surface area contributed by atoms with Crippen molar-refractivity contribution in [3.63, 3.8) is 0 Å². The summed E-state index contributed by atoms with van der Waals surface area (Å²) in [6, 6.07) is 0. The summed E-state index contributed by atoms with van der Waals surface area (Å²) in [5, 5.41) is 74.7. The number of ether oxygens (including phenoxy) is 2. The fraction of sp³-hybridized carbons (Fsp3) is 0.944.